The Labute approximate surface area is 99.5 Å². The molecule has 0 spiro atoms. The second kappa shape index (κ2) is 4.35. The van der Waals surface area contributed by atoms with Gasteiger partial charge in [0.05, 0.1) is 17.8 Å². The number of rotatable bonds is 1. The van der Waals surface area contributed by atoms with Crippen molar-refractivity contribution < 1.29 is 15.0 Å². The van der Waals surface area contributed by atoms with Crippen molar-refractivity contribution in [3.8, 4) is 0 Å². The predicted octanol–water partition coefficient (Wildman–Crippen LogP) is -0.245. The molecule has 1 amide bonds. The number of carbonyl (C=O) groups is 1. The van der Waals surface area contributed by atoms with Crippen LogP contribution >= 0.6 is 0 Å². The van der Waals surface area contributed by atoms with Crippen LogP contribution in [0.15, 0.2) is 18.2 Å². The van der Waals surface area contributed by atoms with Gasteiger partial charge in [0.1, 0.15) is 0 Å². The summed E-state index contributed by atoms with van der Waals surface area (Å²) in [5.41, 5.74) is 7.57. The Balaban J connectivity index is 2.24. The van der Waals surface area contributed by atoms with E-state index in [4.69, 9.17) is 5.73 Å². The van der Waals surface area contributed by atoms with Crippen LogP contribution < -0.4 is 5.73 Å². The molecule has 5 heteroatoms. The fourth-order valence-electron chi connectivity index (χ4n) is 1.97. The van der Waals surface area contributed by atoms with Crippen LogP contribution in [-0.4, -0.2) is 46.3 Å². The zero-order chi connectivity index (χ0) is 12.6. The maximum Gasteiger partial charge on any atom is 0.256 e. The standard InChI is InChI=1S/C12H16N2O3/c1-7-3-2-4-8(11(7)13)12(17)14-5-9(15)10(16)6-14/h2-4,9-10,15-16H,5-6,13H2,1H3/t9-,10+. The molecule has 17 heavy (non-hydrogen) atoms. The molecule has 1 aromatic rings. The summed E-state index contributed by atoms with van der Waals surface area (Å²) < 4.78 is 0. The van der Waals surface area contributed by atoms with E-state index < -0.39 is 12.2 Å². The number of para-hydroxylation sites is 1. The number of nitrogen functional groups attached to an aromatic ring is 1. The monoisotopic (exact) mass is 236 g/mol. The number of anilines is 1. The third-order valence-corrected chi connectivity index (χ3v) is 3.10. The molecule has 1 aliphatic heterocycles. The van der Waals surface area contributed by atoms with Gasteiger partial charge >= 0.3 is 0 Å². The fraction of sp³-hybridized carbons (Fsp3) is 0.417. The summed E-state index contributed by atoms with van der Waals surface area (Å²) in [6.07, 6.45) is -1.74. The van der Waals surface area contributed by atoms with Crippen molar-refractivity contribution in [2.24, 2.45) is 0 Å². The molecule has 5 nitrogen and oxygen atoms in total. The number of amides is 1. The summed E-state index contributed by atoms with van der Waals surface area (Å²) in [4.78, 5) is 13.6. The van der Waals surface area contributed by atoms with Crippen LogP contribution in [0.1, 0.15) is 15.9 Å². The van der Waals surface area contributed by atoms with Gasteiger partial charge in [-0.05, 0) is 18.6 Å². The number of aliphatic hydroxyl groups excluding tert-OH is 2. The third-order valence-electron chi connectivity index (χ3n) is 3.10. The topological polar surface area (TPSA) is 86.8 Å². The lowest BCUT2D eigenvalue weighted by atomic mass is 10.1. The Morgan fingerprint density at radius 1 is 1.35 bits per heavy atom. The lowest BCUT2D eigenvalue weighted by Gasteiger charge is -2.17. The molecule has 0 aliphatic carbocycles. The Bertz CT molecular complexity index is 437. The van der Waals surface area contributed by atoms with Gasteiger partial charge in [0.15, 0.2) is 0 Å². The quantitative estimate of drug-likeness (QED) is 0.587. The number of aryl methyl sites for hydroxylation is 1. The van der Waals surface area contributed by atoms with Crippen LogP contribution in [0.2, 0.25) is 0 Å². The first-order chi connectivity index (χ1) is 8.00. The first-order valence-electron chi connectivity index (χ1n) is 5.51. The van der Waals surface area contributed by atoms with Gasteiger partial charge in [0.2, 0.25) is 0 Å². The minimum Gasteiger partial charge on any atom is -0.398 e. The average molecular weight is 236 g/mol. The van der Waals surface area contributed by atoms with Gasteiger partial charge in [-0.15, -0.1) is 0 Å². The zero-order valence-electron chi connectivity index (χ0n) is 9.63. The van der Waals surface area contributed by atoms with Crippen LogP contribution in [-0.2, 0) is 0 Å². The summed E-state index contributed by atoms with van der Waals surface area (Å²) in [6.45, 7) is 2.13. The van der Waals surface area contributed by atoms with E-state index in [1.165, 1.54) is 4.90 Å². The van der Waals surface area contributed by atoms with Crippen LogP contribution in [0.4, 0.5) is 5.69 Å². The van der Waals surface area contributed by atoms with E-state index in [-0.39, 0.29) is 19.0 Å². The SMILES string of the molecule is Cc1cccc(C(=O)N2C[C@@H](O)[C@@H](O)C2)c1N. The number of aliphatic hydroxyl groups is 2. The molecule has 0 saturated carbocycles. The molecular weight excluding hydrogens is 220 g/mol. The van der Waals surface area contributed by atoms with Gasteiger partial charge in [0, 0.05) is 18.8 Å². The van der Waals surface area contributed by atoms with Crippen LogP contribution in [0.5, 0.6) is 0 Å². The maximum atomic E-state index is 12.1. The molecule has 2 atom stereocenters. The van der Waals surface area contributed by atoms with E-state index in [0.29, 0.717) is 11.3 Å². The van der Waals surface area contributed by atoms with E-state index in [2.05, 4.69) is 0 Å². The van der Waals surface area contributed by atoms with Crippen molar-refractivity contribution >= 4 is 11.6 Å². The summed E-state index contributed by atoms with van der Waals surface area (Å²) in [7, 11) is 0. The normalized spacial score (nSPS) is 24.1. The van der Waals surface area contributed by atoms with Gasteiger partial charge in [-0.3, -0.25) is 4.79 Å². The van der Waals surface area contributed by atoms with E-state index in [9.17, 15) is 15.0 Å². The molecule has 1 fully saturated rings. The van der Waals surface area contributed by atoms with E-state index in [1.54, 1.807) is 12.1 Å². The van der Waals surface area contributed by atoms with Crippen LogP contribution in [0, 0.1) is 6.92 Å². The predicted molar refractivity (Wildman–Crippen MR) is 63.5 cm³/mol. The molecule has 1 aliphatic rings. The van der Waals surface area contributed by atoms with Crippen molar-refractivity contribution in [2.45, 2.75) is 19.1 Å². The van der Waals surface area contributed by atoms with Gasteiger partial charge < -0.3 is 20.8 Å². The van der Waals surface area contributed by atoms with Crippen molar-refractivity contribution in [1.29, 1.82) is 0 Å². The first-order valence-corrected chi connectivity index (χ1v) is 5.51. The molecule has 1 heterocycles. The smallest absolute Gasteiger partial charge is 0.256 e. The van der Waals surface area contributed by atoms with E-state index in [0.717, 1.165) is 5.56 Å². The highest BCUT2D eigenvalue weighted by Gasteiger charge is 2.33. The molecular formula is C12H16N2O3. The van der Waals surface area contributed by atoms with Crippen LogP contribution in [0.25, 0.3) is 0 Å². The fourth-order valence-corrected chi connectivity index (χ4v) is 1.97. The average Bonchev–Trinajstić information content (AvgIpc) is 2.62. The highest BCUT2D eigenvalue weighted by Crippen LogP contribution is 2.21. The number of nitrogens with zero attached hydrogens (tertiary/aromatic N) is 1. The highest BCUT2D eigenvalue weighted by molar-refractivity contribution is 5.99. The highest BCUT2D eigenvalue weighted by atomic mass is 16.3. The largest absolute Gasteiger partial charge is 0.398 e. The van der Waals surface area contributed by atoms with Gasteiger partial charge in [-0.25, -0.2) is 0 Å². The van der Waals surface area contributed by atoms with Gasteiger partial charge in [-0.1, -0.05) is 12.1 Å². The van der Waals surface area contributed by atoms with E-state index in [1.807, 2.05) is 13.0 Å². The molecule has 0 radical (unpaired) electrons. The lowest BCUT2D eigenvalue weighted by molar-refractivity contribution is 0.0572. The van der Waals surface area contributed by atoms with Gasteiger partial charge in [-0.2, -0.15) is 0 Å². The number of carbonyl (C=O) groups excluding carboxylic acids is 1. The third kappa shape index (κ3) is 2.11. The van der Waals surface area contributed by atoms with Crippen molar-refractivity contribution in [3.63, 3.8) is 0 Å². The molecule has 1 aromatic carbocycles. The number of nitrogens with two attached hydrogens (primary N) is 1. The Hall–Kier alpha value is -1.59. The molecule has 0 bridgehead atoms. The van der Waals surface area contributed by atoms with Crippen LogP contribution in [0.3, 0.4) is 0 Å². The lowest BCUT2D eigenvalue weighted by Crippen LogP contribution is -2.30. The number of hydrogen-bond donors (Lipinski definition) is 3. The molecule has 4 N–H and O–H groups in total. The Morgan fingerprint density at radius 2 is 1.94 bits per heavy atom. The second-order valence-electron chi connectivity index (χ2n) is 4.38. The van der Waals surface area contributed by atoms with Crippen molar-refractivity contribution in [3.05, 3.63) is 29.3 Å². The Morgan fingerprint density at radius 3 is 2.53 bits per heavy atom. The summed E-state index contributed by atoms with van der Waals surface area (Å²) in [5, 5.41) is 18.8. The molecule has 0 aromatic heterocycles. The summed E-state index contributed by atoms with van der Waals surface area (Å²) in [5.74, 6) is -0.248. The number of benzene rings is 1. The van der Waals surface area contributed by atoms with Gasteiger partial charge in [0.25, 0.3) is 5.91 Å². The molecule has 2 rings (SSSR count). The molecule has 92 valence electrons. The van der Waals surface area contributed by atoms with E-state index >= 15 is 0 Å². The second-order valence-corrected chi connectivity index (χ2v) is 4.38. The molecule has 0 unspecified atom stereocenters. The Kier molecular flexibility index (Phi) is 3.04. The van der Waals surface area contributed by atoms with Crippen molar-refractivity contribution in [1.82, 2.24) is 4.90 Å². The minimum atomic E-state index is -0.870. The maximum absolute atomic E-state index is 12.1. The number of β-amino-alcohol motifs (C(OH)–C–C–N with tert-alkyl or cyclic N) is 2. The zero-order valence-corrected chi connectivity index (χ0v) is 9.63. The summed E-state index contributed by atoms with van der Waals surface area (Å²) in [6, 6.07) is 5.25. The number of likely N-dealkylation sites (tertiary alicyclic amines) is 1. The summed E-state index contributed by atoms with van der Waals surface area (Å²) >= 11 is 0. The first kappa shape index (κ1) is 11.9. The number of hydrogen-bond acceptors (Lipinski definition) is 4. The van der Waals surface area contributed by atoms with Crippen molar-refractivity contribution in [2.75, 3.05) is 18.8 Å². The molecule has 1 saturated heterocycles. The minimum absolute atomic E-state index is 0.146.